The molecule has 1 aromatic rings. The van der Waals surface area contributed by atoms with Gasteiger partial charge in [0.05, 0.1) is 17.0 Å². The lowest BCUT2D eigenvalue weighted by atomic mass is 10.0. The molecule has 0 aliphatic rings. The summed E-state index contributed by atoms with van der Waals surface area (Å²) < 4.78 is 24.6. The molecule has 0 spiro atoms. The largest absolute Gasteiger partial charge is 0.327 e. The summed E-state index contributed by atoms with van der Waals surface area (Å²) >= 11 is 5.97. The van der Waals surface area contributed by atoms with Gasteiger partial charge in [-0.05, 0) is 24.1 Å². The summed E-state index contributed by atoms with van der Waals surface area (Å²) in [5.74, 6) is -0.00300. The third-order valence-electron chi connectivity index (χ3n) is 2.83. The van der Waals surface area contributed by atoms with Gasteiger partial charge in [-0.1, -0.05) is 25.4 Å². The van der Waals surface area contributed by atoms with Crippen LogP contribution < -0.4 is 15.8 Å². The third kappa shape index (κ3) is 6.33. The maximum absolute atomic E-state index is 11.8. The molecule has 1 aromatic carbocycles. The van der Waals surface area contributed by atoms with E-state index < -0.39 is 10.0 Å². The highest BCUT2D eigenvalue weighted by Gasteiger charge is 2.14. The van der Waals surface area contributed by atoms with Gasteiger partial charge in [0.15, 0.2) is 0 Å². The quantitative estimate of drug-likeness (QED) is 0.741. The van der Waals surface area contributed by atoms with E-state index in [2.05, 4.69) is 10.0 Å². The molecule has 4 N–H and O–H groups in total. The minimum atomic E-state index is -3.40. The van der Waals surface area contributed by atoms with Crippen molar-refractivity contribution < 1.29 is 13.2 Å². The van der Waals surface area contributed by atoms with Gasteiger partial charge in [0.25, 0.3) is 0 Å². The summed E-state index contributed by atoms with van der Waals surface area (Å²) in [5, 5.41) is 2.88. The van der Waals surface area contributed by atoms with Gasteiger partial charge >= 0.3 is 0 Å². The van der Waals surface area contributed by atoms with Gasteiger partial charge in [-0.25, -0.2) is 8.42 Å². The number of benzene rings is 1. The van der Waals surface area contributed by atoms with Crippen molar-refractivity contribution >= 4 is 38.9 Å². The maximum Gasteiger partial charge on any atom is 0.229 e. The van der Waals surface area contributed by atoms with Crippen molar-refractivity contribution in [2.24, 2.45) is 11.7 Å². The number of hydrogen-bond acceptors (Lipinski definition) is 4. The molecule has 0 radical (unpaired) electrons. The average Bonchev–Trinajstić information content (AvgIpc) is 2.30. The Bertz CT molecular complexity index is 617. The smallest absolute Gasteiger partial charge is 0.229 e. The number of sulfonamides is 1. The third-order valence-corrected chi connectivity index (χ3v) is 3.73. The van der Waals surface area contributed by atoms with Crippen LogP contribution in [0.5, 0.6) is 0 Å². The molecule has 1 unspecified atom stereocenters. The van der Waals surface area contributed by atoms with E-state index in [1.807, 2.05) is 13.8 Å². The van der Waals surface area contributed by atoms with Crippen molar-refractivity contribution in [3.8, 4) is 0 Å². The first-order chi connectivity index (χ1) is 9.58. The van der Waals surface area contributed by atoms with Crippen LogP contribution in [0.1, 0.15) is 20.3 Å². The number of hydrogen-bond donors (Lipinski definition) is 3. The molecule has 21 heavy (non-hydrogen) atoms. The highest BCUT2D eigenvalue weighted by atomic mass is 35.5. The van der Waals surface area contributed by atoms with E-state index in [0.717, 1.165) is 6.26 Å². The van der Waals surface area contributed by atoms with Gasteiger partial charge in [-0.15, -0.1) is 0 Å². The summed E-state index contributed by atoms with van der Waals surface area (Å²) in [5.41, 5.74) is 6.58. The zero-order chi connectivity index (χ0) is 16.2. The molecular weight excluding hydrogens is 314 g/mol. The number of carbonyl (C=O) groups is 1. The summed E-state index contributed by atoms with van der Waals surface area (Å²) in [6, 6.07) is 4.32. The van der Waals surface area contributed by atoms with Gasteiger partial charge in [-0.2, -0.15) is 0 Å². The van der Waals surface area contributed by atoms with Gasteiger partial charge in [-0.3, -0.25) is 9.52 Å². The summed E-state index contributed by atoms with van der Waals surface area (Å²) in [6.07, 6.45) is 1.24. The zero-order valence-electron chi connectivity index (χ0n) is 12.2. The van der Waals surface area contributed by atoms with Crippen LogP contribution in [0, 0.1) is 5.92 Å². The average molecular weight is 334 g/mol. The Labute approximate surface area is 130 Å². The van der Waals surface area contributed by atoms with E-state index in [1.54, 1.807) is 6.07 Å². The first kappa shape index (κ1) is 17.7. The van der Waals surface area contributed by atoms with E-state index in [1.165, 1.54) is 12.1 Å². The summed E-state index contributed by atoms with van der Waals surface area (Å²) in [4.78, 5) is 11.8. The monoisotopic (exact) mass is 333 g/mol. The Morgan fingerprint density at radius 2 is 2.00 bits per heavy atom. The number of rotatable bonds is 6. The lowest BCUT2D eigenvalue weighted by molar-refractivity contribution is -0.116. The SMILES string of the molecule is CC(C)C(N)CC(=O)Nc1ccc(NS(C)(=O)=O)c(Cl)c1. The molecule has 118 valence electrons. The molecule has 0 bridgehead atoms. The number of halogens is 1. The Balaban J connectivity index is 2.74. The van der Waals surface area contributed by atoms with Crippen LogP contribution in [0.15, 0.2) is 18.2 Å². The fourth-order valence-corrected chi connectivity index (χ4v) is 2.40. The number of anilines is 2. The molecule has 0 fully saturated rings. The number of nitrogens with one attached hydrogen (secondary N) is 2. The van der Waals surface area contributed by atoms with Crippen molar-refractivity contribution in [3.63, 3.8) is 0 Å². The molecule has 6 nitrogen and oxygen atoms in total. The van der Waals surface area contributed by atoms with Crippen LogP contribution in [-0.2, 0) is 14.8 Å². The summed E-state index contributed by atoms with van der Waals surface area (Å²) in [7, 11) is -3.40. The molecule has 0 aromatic heterocycles. The molecule has 1 amide bonds. The van der Waals surface area contributed by atoms with E-state index in [9.17, 15) is 13.2 Å². The number of amides is 1. The molecule has 0 heterocycles. The van der Waals surface area contributed by atoms with Crippen LogP contribution in [0.4, 0.5) is 11.4 Å². The molecule has 8 heteroatoms. The molecule has 0 aliphatic heterocycles. The molecular formula is C13H20ClN3O3S. The van der Waals surface area contributed by atoms with E-state index in [-0.39, 0.29) is 35.0 Å². The second-order valence-corrected chi connectivity index (χ2v) is 7.38. The van der Waals surface area contributed by atoms with Gasteiger partial charge in [0.2, 0.25) is 15.9 Å². The van der Waals surface area contributed by atoms with Crippen LogP contribution in [0.3, 0.4) is 0 Å². The van der Waals surface area contributed by atoms with Gasteiger partial charge in [0, 0.05) is 18.2 Å². The molecule has 1 atom stereocenters. The van der Waals surface area contributed by atoms with Crippen molar-refractivity contribution in [1.82, 2.24) is 0 Å². The molecule has 1 rings (SSSR count). The lowest BCUT2D eigenvalue weighted by Crippen LogP contribution is -2.31. The Kier molecular flexibility index (Phi) is 6.00. The second kappa shape index (κ2) is 7.11. The van der Waals surface area contributed by atoms with Gasteiger partial charge in [0.1, 0.15) is 0 Å². The highest BCUT2D eigenvalue weighted by Crippen LogP contribution is 2.26. The first-order valence-corrected chi connectivity index (χ1v) is 8.68. The van der Waals surface area contributed by atoms with E-state index in [0.29, 0.717) is 5.69 Å². The topological polar surface area (TPSA) is 101 Å². The Morgan fingerprint density at radius 3 is 2.48 bits per heavy atom. The highest BCUT2D eigenvalue weighted by molar-refractivity contribution is 7.92. The van der Waals surface area contributed by atoms with E-state index in [4.69, 9.17) is 17.3 Å². The zero-order valence-corrected chi connectivity index (χ0v) is 13.8. The summed E-state index contributed by atoms with van der Waals surface area (Å²) in [6.45, 7) is 3.89. The van der Waals surface area contributed by atoms with Crippen molar-refractivity contribution in [3.05, 3.63) is 23.2 Å². The minimum Gasteiger partial charge on any atom is -0.327 e. The first-order valence-electron chi connectivity index (χ1n) is 6.41. The molecule has 0 saturated carbocycles. The number of carbonyl (C=O) groups excluding carboxylic acids is 1. The van der Waals surface area contributed by atoms with Crippen molar-refractivity contribution in [2.45, 2.75) is 26.3 Å². The lowest BCUT2D eigenvalue weighted by Gasteiger charge is -2.15. The molecule has 0 aliphatic carbocycles. The standard InChI is InChI=1S/C13H20ClN3O3S/c1-8(2)11(15)7-13(18)16-9-4-5-12(10(14)6-9)17-21(3,19)20/h4-6,8,11,17H,7,15H2,1-3H3,(H,16,18). The Hall–Kier alpha value is -1.31. The fourth-order valence-electron chi connectivity index (χ4n) is 1.54. The van der Waals surface area contributed by atoms with Gasteiger partial charge < -0.3 is 11.1 Å². The predicted molar refractivity (Wildman–Crippen MR) is 86.0 cm³/mol. The fraction of sp³-hybridized carbons (Fsp3) is 0.462. The maximum atomic E-state index is 11.8. The predicted octanol–water partition coefficient (Wildman–Crippen LogP) is 2.02. The normalized spacial score (nSPS) is 13.0. The minimum absolute atomic E-state index is 0.200. The molecule has 0 saturated heterocycles. The van der Waals surface area contributed by atoms with Crippen LogP contribution in [0.2, 0.25) is 5.02 Å². The van der Waals surface area contributed by atoms with E-state index >= 15 is 0 Å². The van der Waals surface area contributed by atoms with Crippen LogP contribution in [-0.4, -0.2) is 26.6 Å². The number of nitrogens with two attached hydrogens (primary N) is 1. The van der Waals surface area contributed by atoms with Crippen LogP contribution in [0.25, 0.3) is 0 Å². The Morgan fingerprint density at radius 1 is 1.38 bits per heavy atom. The van der Waals surface area contributed by atoms with Crippen LogP contribution >= 0.6 is 11.6 Å². The van der Waals surface area contributed by atoms with Crippen molar-refractivity contribution in [1.29, 1.82) is 0 Å². The second-order valence-electron chi connectivity index (χ2n) is 5.23. The van der Waals surface area contributed by atoms with Crippen molar-refractivity contribution in [2.75, 3.05) is 16.3 Å².